The quantitative estimate of drug-likeness (QED) is 0.672. The van der Waals surface area contributed by atoms with Gasteiger partial charge in [-0.15, -0.1) is 11.3 Å². The van der Waals surface area contributed by atoms with Gasteiger partial charge in [0.15, 0.2) is 0 Å². The molecule has 2 aromatic rings. The molecule has 10 heteroatoms. The van der Waals surface area contributed by atoms with Crippen LogP contribution in [0.1, 0.15) is 35.3 Å². The average molecular weight is 487 g/mol. The highest BCUT2D eigenvalue weighted by atomic mass is 32.2. The van der Waals surface area contributed by atoms with E-state index in [9.17, 15) is 23.3 Å². The van der Waals surface area contributed by atoms with E-state index in [-0.39, 0.29) is 54.2 Å². The zero-order valence-electron chi connectivity index (χ0n) is 18.2. The standard InChI is InChI=1S/C23H26N4O4S2/c24-15-18-3-1-2-4-21(18)33(30,31)27-12-6-17(7-13-27)23(29)25-10-5-22(28)26-11-8-20-19(16-26)9-14-32-20/h1-4,9,14,17H,5-8,10-13,16H2,(H,25,29). The van der Waals surface area contributed by atoms with Crippen molar-refractivity contribution in [1.29, 1.82) is 5.26 Å². The number of hydrogen-bond donors (Lipinski definition) is 1. The molecule has 0 aliphatic carbocycles. The van der Waals surface area contributed by atoms with Gasteiger partial charge in [0.1, 0.15) is 6.07 Å². The van der Waals surface area contributed by atoms with Crippen molar-refractivity contribution < 1.29 is 18.0 Å². The first-order valence-corrected chi connectivity index (χ1v) is 13.3. The second-order valence-corrected chi connectivity index (χ2v) is 11.2. The van der Waals surface area contributed by atoms with Gasteiger partial charge in [-0.05, 0) is 48.4 Å². The van der Waals surface area contributed by atoms with Gasteiger partial charge in [-0.25, -0.2) is 8.42 Å². The number of hydrogen-bond acceptors (Lipinski definition) is 6. The number of nitriles is 1. The van der Waals surface area contributed by atoms with Crippen molar-refractivity contribution in [3.05, 3.63) is 51.7 Å². The fourth-order valence-electron chi connectivity index (χ4n) is 4.34. The van der Waals surface area contributed by atoms with Crippen molar-refractivity contribution in [2.24, 2.45) is 5.92 Å². The molecule has 3 heterocycles. The van der Waals surface area contributed by atoms with Crippen LogP contribution in [-0.4, -0.2) is 55.6 Å². The summed E-state index contributed by atoms with van der Waals surface area (Å²) >= 11 is 1.73. The minimum absolute atomic E-state index is 0.00111. The first-order valence-electron chi connectivity index (χ1n) is 11.0. The second-order valence-electron chi connectivity index (χ2n) is 8.26. The minimum atomic E-state index is -3.78. The second kappa shape index (κ2) is 10.0. The number of fused-ring (bicyclic) bond motifs is 1. The summed E-state index contributed by atoms with van der Waals surface area (Å²) in [6.45, 7) is 2.06. The number of rotatable bonds is 6. The number of carbonyl (C=O) groups excluding carboxylic acids is 2. The molecule has 0 atom stereocenters. The third kappa shape index (κ3) is 5.11. The topological polar surface area (TPSA) is 111 Å². The smallest absolute Gasteiger partial charge is 0.244 e. The van der Waals surface area contributed by atoms with Crippen LogP contribution in [0, 0.1) is 17.2 Å². The number of carbonyl (C=O) groups is 2. The molecule has 0 saturated carbocycles. The van der Waals surface area contributed by atoms with Gasteiger partial charge in [-0.3, -0.25) is 9.59 Å². The van der Waals surface area contributed by atoms with Gasteiger partial charge in [-0.1, -0.05) is 12.1 Å². The normalized spacial score (nSPS) is 17.2. The molecular weight excluding hydrogens is 460 g/mol. The fourth-order valence-corrected chi connectivity index (χ4v) is 6.84. The first kappa shape index (κ1) is 23.4. The van der Waals surface area contributed by atoms with E-state index in [0.29, 0.717) is 25.9 Å². The monoisotopic (exact) mass is 486 g/mol. The van der Waals surface area contributed by atoms with E-state index < -0.39 is 10.0 Å². The summed E-state index contributed by atoms with van der Waals surface area (Å²) in [5.74, 6) is -0.402. The Morgan fingerprint density at radius 2 is 1.91 bits per heavy atom. The van der Waals surface area contributed by atoms with Gasteiger partial charge in [0, 0.05) is 49.9 Å². The third-order valence-corrected chi connectivity index (χ3v) is 9.23. The summed E-state index contributed by atoms with van der Waals surface area (Å²) in [4.78, 5) is 28.3. The van der Waals surface area contributed by atoms with Gasteiger partial charge in [0.25, 0.3) is 0 Å². The Kier molecular flexibility index (Phi) is 7.12. The third-order valence-electron chi connectivity index (χ3n) is 6.25. The van der Waals surface area contributed by atoms with E-state index in [1.54, 1.807) is 23.5 Å². The van der Waals surface area contributed by atoms with Crippen molar-refractivity contribution in [3.8, 4) is 6.07 Å². The number of benzene rings is 1. The summed E-state index contributed by atoms with van der Waals surface area (Å²) < 4.78 is 27.2. The number of thiophene rings is 1. The lowest BCUT2D eigenvalue weighted by atomic mass is 9.97. The zero-order chi connectivity index (χ0) is 23.4. The molecule has 4 rings (SSSR count). The number of nitrogens with one attached hydrogen (secondary N) is 1. The lowest BCUT2D eigenvalue weighted by Gasteiger charge is -2.31. The predicted octanol–water partition coefficient (Wildman–Crippen LogP) is 2.11. The SMILES string of the molecule is N#Cc1ccccc1S(=O)(=O)N1CCC(C(=O)NCCC(=O)N2CCc3sccc3C2)CC1. The molecule has 33 heavy (non-hydrogen) atoms. The van der Waals surface area contributed by atoms with Gasteiger partial charge >= 0.3 is 0 Å². The molecule has 0 unspecified atom stereocenters. The first-order chi connectivity index (χ1) is 15.9. The Balaban J connectivity index is 1.24. The van der Waals surface area contributed by atoms with Crippen LogP contribution in [0.25, 0.3) is 0 Å². The molecule has 2 aliphatic heterocycles. The fraction of sp³-hybridized carbons (Fsp3) is 0.435. The van der Waals surface area contributed by atoms with Crippen LogP contribution in [0.2, 0.25) is 0 Å². The van der Waals surface area contributed by atoms with Crippen molar-refractivity contribution >= 4 is 33.2 Å². The van der Waals surface area contributed by atoms with E-state index in [2.05, 4.69) is 16.8 Å². The minimum Gasteiger partial charge on any atom is -0.355 e. The van der Waals surface area contributed by atoms with Crippen LogP contribution in [-0.2, 0) is 32.6 Å². The molecule has 8 nitrogen and oxygen atoms in total. The molecule has 174 valence electrons. The zero-order valence-corrected chi connectivity index (χ0v) is 19.8. The van der Waals surface area contributed by atoms with Crippen molar-refractivity contribution in [3.63, 3.8) is 0 Å². The van der Waals surface area contributed by atoms with Gasteiger partial charge in [0.2, 0.25) is 21.8 Å². The Morgan fingerprint density at radius 3 is 2.67 bits per heavy atom. The predicted molar refractivity (Wildman–Crippen MR) is 124 cm³/mol. The highest BCUT2D eigenvalue weighted by Gasteiger charge is 2.33. The van der Waals surface area contributed by atoms with Crippen LogP contribution >= 0.6 is 11.3 Å². The lowest BCUT2D eigenvalue weighted by molar-refractivity contribution is -0.132. The summed E-state index contributed by atoms with van der Waals surface area (Å²) in [6, 6.07) is 10.1. The lowest BCUT2D eigenvalue weighted by Crippen LogP contribution is -2.44. The molecule has 0 radical (unpaired) electrons. The molecule has 2 aliphatic rings. The van der Waals surface area contributed by atoms with E-state index in [1.807, 2.05) is 11.0 Å². The Labute approximate surface area is 197 Å². The molecule has 1 aromatic carbocycles. The summed E-state index contributed by atoms with van der Waals surface area (Å²) in [6.07, 6.45) is 1.94. The van der Waals surface area contributed by atoms with Crippen LogP contribution in [0.15, 0.2) is 40.6 Å². The van der Waals surface area contributed by atoms with Gasteiger partial charge in [0.05, 0.1) is 10.5 Å². The Morgan fingerprint density at radius 1 is 1.15 bits per heavy atom. The summed E-state index contributed by atoms with van der Waals surface area (Å²) in [5.41, 5.74) is 1.33. The van der Waals surface area contributed by atoms with Crippen LogP contribution in [0.3, 0.4) is 0 Å². The molecule has 1 saturated heterocycles. The number of sulfonamides is 1. The largest absolute Gasteiger partial charge is 0.355 e. The molecule has 1 aromatic heterocycles. The maximum atomic E-state index is 12.9. The Hall–Kier alpha value is -2.74. The maximum Gasteiger partial charge on any atom is 0.244 e. The van der Waals surface area contributed by atoms with Crippen LogP contribution < -0.4 is 5.32 Å². The highest BCUT2D eigenvalue weighted by molar-refractivity contribution is 7.89. The molecule has 1 N–H and O–H groups in total. The maximum absolute atomic E-state index is 12.9. The van der Waals surface area contributed by atoms with E-state index in [4.69, 9.17) is 0 Å². The molecule has 0 bridgehead atoms. The van der Waals surface area contributed by atoms with E-state index >= 15 is 0 Å². The van der Waals surface area contributed by atoms with E-state index in [0.717, 1.165) is 6.42 Å². The summed E-state index contributed by atoms with van der Waals surface area (Å²) in [7, 11) is -3.78. The number of nitrogens with zero attached hydrogens (tertiary/aromatic N) is 3. The molecule has 1 fully saturated rings. The number of piperidine rings is 1. The highest BCUT2D eigenvalue weighted by Crippen LogP contribution is 2.26. The summed E-state index contributed by atoms with van der Waals surface area (Å²) in [5, 5.41) is 14.1. The number of amides is 2. The molecular formula is C23H26N4O4S2. The molecule has 2 amide bonds. The molecule has 0 spiro atoms. The Bertz CT molecular complexity index is 1180. The van der Waals surface area contributed by atoms with Crippen molar-refractivity contribution in [2.75, 3.05) is 26.2 Å². The van der Waals surface area contributed by atoms with Crippen molar-refractivity contribution in [1.82, 2.24) is 14.5 Å². The van der Waals surface area contributed by atoms with Crippen molar-refractivity contribution in [2.45, 2.75) is 37.1 Å². The van der Waals surface area contributed by atoms with E-state index in [1.165, 1.54) is 26.9 Å². The van der Waals surface area contributed by atoms with Gasteiger partial charge in [-0.2, -0.15) is 9.57 Å². The van der Waals surface area contributed by atoms with Gasteiger partial charge < -0.3 is 10.2 Å². The van der Waals surface area contributed by atoms with Crippen LogP contribution in [0.5, 0.6) is 0 Å². The average Bonchev–Trinajstić information content (AvgIpc) is 3.32. The van der Waals surface area contributed by atoms with Crippen LogP contribution in [0.4, 0.5) is 0 Å².